The van der Waals surface area contributed by atoms with Gasteiger partial charge >= 0.3 is 0 Å². The molecule has 0 heterocycles. The quantitative estimate of drug-likeness (QED) is 0.846. The van der Waals surface area contributed by atoms with Gasteiger partial charge in [-0.1, -0.05) is 25.3 Å². The summed E-state index contributed by atoms with van der Waals surface area (Å²) in [6, 6.07) is 7.41. The molecule has 0 bridgehead atoms. The van der Waals surface area contributed by atoms with E-state index in [-0.39, 0.29) is 5.91 Å². The van der Waals surface area contributed by atoms with Crippen molar-refractivity contribution in [2.24, 2.45) is 0 Å². The van der Waals surface area contributed by atoms with Gasteiger partial charge in [0.25, 0.3) is 5.91 Å². The highest BCUT2D eigenvalue weighted by Gasteiger charge is 2.22. The molecule has 0 radical (unpaired) electrons. The molecule has 1 aliphatic rings. The van der Waals surface area contributed by atoms with Crippen LogP contribution in [0.15, 0.2) is 24.3 Å². The predicted octanol–water partition coefficient (Wildman–Crippen LogP) is 2.66. The van der Waals surface area contributed by atoms with Gasteiger partial charge in [-0.25, -0.2) is 0 Å². The zero-order chi connectivity index (χ0) is 13.7. The number of benzene rings is 1. The van der Waals surface area contributed by atoms with E-state index in [1.165, 1.54) is 19.3 Å². The first kappa shape index (κ1) is 13.6. The van der Waals surface area contributed by atoms with Crippen molar-refractivity contribution in [3.63, 3.8) is 0 Å². The van der Waals surface area contributed by atoms with E-state index in [0.29, 0.717) is 23.7 Å². The van der Waals surface area contributed by atoms with Crippen molar-refractivity contribution in [2.75, 3.05) is 12.4 Å². The number of hydrogen-bond acceptors (Lipinski definition) is 2. The van der Waals surface area contributed by atoms with Crippen LogP contribution < -0.4 is 5.32 Å². The lowest BCUT2D eigenvalue weighted by atomic mass is 9.94. The van der Waals surface area contributed by atoms with Crippen molar-refractivity contribution in [1.29, 1.82) is 0 Å². The number of amides is 2. The van der Waals surface area contributed by atoms with E-state index in [2.05, 4.69) is 5.32 Å². The van der Waals surface area contributed by atoms with Crippen LogP contribution in [0.25, 0.3) is 0 Å². The molecule has 19 heavy (non-hydrogen) atoms. The lowest BCUT2D eigenvalue weighted by molar-refractivity contribution is -0.105. The third-order valence-electron chi connectivity index (χ3n) is 3.78. The highest BCUT2D eigenvalue weighted by Crippen LogP contribution is 2.23. The van der Waals surface area contributed by atoms with Gasteiger partial charge < -0.3 is 10.2 Å². The van der Waals surface area contributed by atoms with E-state index < -0.39 is 0 Å². The maximum absolute atomic E-state index is 12.4. The minimum Gasteiger partial charge on any atom is -0.339 e. The molecule has 0 atom stereocenters. The Morgan fingerprint density at radius 2 is 2.05 bits per heavy atom. The molecule has 1 saturated carbocycles. The van der Waals surface area contributed by atoms with Crippen LogP contribution in [-0.2, 0) is 4.79 Å². The number of nitrogens with one attached hydrogen (secondary N) is 1. The lowest BCUT2D eigenvalue weighted by Gasteiger charge is -2.31. The smallest absolute Gasteiger partial charge is 0.253 e. The van der Waals surface area contributed by atoms with Crippen molar-refractivity contribution < 1.29 is 9.59 Å². The molecular formula is C15H20N2O2. The Morgan fingerprint density at radius 1 is 1.32 bits per heavy atom. The molecule has 102 valence electrons. The van der Waals surface area contributed by atoms with E-state index in [1.807, 2.05) is 11.9 Å². The summed E-state index contributed by atoms with van der Waals surface area (Å²) in [6.07, 6.45) is 6.48. The van der Waals surface area contributed by atoms with E-state index in [9.17, 15) is 9.59 Å². The molecule has 0 spiro atoms. The molecule has 1 aromatic carbocycles. The number of carbonyl (C=O) groups excluding carboxylic acids is 2. The average molecular weight is 260 g/mol. The van der Waals surface area contributed by atoms with Crippen LogP contribution in [0.3, 0.4) is 0 Å². The van der Waals surface area contributed by atoms with E-state index in [0.717, 1.165) is 12.8 Å². The summed E-state index contributed by atoms with van der Waals surface area (Å²) in [5, 5.41) is 2.57. The first-order valence-electron chi connectivity index (χ1n) is 6.80. The second-order valence-corrected chi connectivity index (χ2v) is 5.05. The van der Waals surface area contributed by atoms with Gasteiger partial charge in [0.2, 0.25) is 6.41 Å². The van der Waals surface area contributed by atoms with Crippen LogP contribution in [0.1, 0.15) is 42.5 Å². The predicted molar refractivity (Wildman–Crippen MR) is 75.1 cm³/mol. The second kappa shape index (κ2) is 6.36. The molecular weight excluding hydrogens is 240 g/mol. The number of hydrogen-bond donors (Lipinski definition) is 1. The molecule has 1 aromatic rings. The van der Waals surface area contributed by atoms with Gasteiger partial charge in [-0.05, 0) is 31.0 Å². The Hall–Kier alpha value is -1.84. The highest BCUT2D eigenvalue weighted by atomic mass is 16.2. The van der Waals surface area contributed by atoms with E-state index >= 15 is 0 Å². The summed E-state index contributed by atoms with van der Waals surface area (Å²) < 4.78 is 0. The van der Waals surface area contributed by atoms with Crippen LogP contribution in [0.4, 0.5) is 5.69 Å². The molecule has 2 rings (SSSR count). The number of nitrogens with zero attached hydrogens (tertiary/aromatic N) is 1. The zero-order valence-electron chi connectivity index (χ0n) is 11.3. The minimum absolute atomic E-state index is 0.0291. The third kappa shape index (κ3) is 3.34. The first-order chi connectivity index (χ1) is 9.22. The van der Waals surface area contributed by atoms with Crippen LogP contribution in [0.5, 0.6) is 0 Å². The SMILES string of the molecule is CN(C(=O)c1cccc(NC=O)c1)C1CCCCC1. The van der Waals surface area contributed by atoms with Gasteiger partial charge in [-0.2, -0.15) is 0 Å². The van der Waals surface area contributed by atoms with Crippen LogP contribution in [-0.4, -0.2) is 30.3 Å². The van der Waals surface area contributed by atoms with Crippen LogP contribution in [0.2, 0.25) is 0 Å². The van der Waals surface area contributed by atoms with Crippen molar-refractivity contribution >= 4 is 18.0 Å². The zero-order valence-corrected chi connectivity index (χ0v) is 11.3. The van der Waals surface area contributed by atoms with E-state index in [1.54, 1.807) is 24.3 Å². The normalized spacial score (nSPS) is 15.8. The largest absolute Gasteiger partial charge is 0.339 e. The monoisotopic (exact) mass is 260 g/mol. The molecule has 1 N–H and O–H groups in total. The molecule has 1 aliphatic carbocycles. The lowest BCUT2D eigenvalue weighted by Crippen LogP contribution is -2.38. The fourth-order valence-electron chi connectivity index (χ4n) is 2.65. The van der Waals surface area contributed by atoms with Gasteiger partial charge in [-0.15, -0.1) is 0 Å². The highest BCUT2D eigenvalue weighted by molar-refractivity contribution is 5.95. The number of rotatable bonds is 4. The summed E-state index contributed by atoms with van der Waals surface area (Å²) in [6.45, 7) is 0. The second-order valence-electron chi connectivity index (χ2n) is 5.05. The number of carbonyl (C=O) groups is 2. The first-order valence-corrected chi connectivity index (χ1v) is 6.80. The molecule has 0 aliphatic heterocycles. The van der Waals surface area contributed by atoms with Crippen molar-refractivity contribution in [3.8, 4) is 0 Å². The van der Waals surface area contributed by atoms with Crippen LogP contribution >= 0.6 is 0 Å². The minimum atomic E-state index is 0.0291. The standard InChI is InChI=1S/C15H20N2O2/c1-17(14-8-3-2-4-9-14)15(19)12-6-5-7-13(10-12)16-11-18/h5-7,10-11,14H,2-4,8-9H2,1H3,(H,16,18). The molecule has 4 nitrogen and oxygen atoms in total. The molecule has 0 aromatic heterocycles. The fraction of sp³-hybridized carbons (Fsp3) is 0.467. The van der Waals surface area contributed by atoms with Crippen molar-refractivity contribution in [3.05, 3.63) is 29.8 Å². The summed E-state index contributed by atoms with van der Waals surface area (Å²) in [5.74, 6) is 0.0291. The maximum atomic E-state index is 12.4. The van der Waals surface area contributed by atoms with Gasteiger partial charge in [0.05, 0.1) is 0 Å². The summed E-state index contributed by atoms with van der Waals surface area (Å²) in [7, 11) is 1.87. The van der Waals surface area contributed by atoms with Gasteiger partial charge in [-0.3, -0.25) is 9.59 Å². The number of anilines is 1. The van der Waals surface area contributed by atoms with Crippen molar-refractivity contribution in [2.45, 2.75) is 38.1 Å². The fourth-order valence-corrected chi connectivity index (χ4v) is 2.65. The Kier molecular flexibility index (Phi) is 4.55. The maximum Gasteiger partial charge on any atom is 0.253 e. The summed E-state index contributed by atoms with van der Waals surface area (Å²) in [5.41, 5.74) is 1.28. The Balaban J connectivity index is 2.09. The Labute approximate surface area is 113 Å². The van der Waals surface area contributed by atoms with Crippen LogP contribution in [0, 0.1) is 0 Å². The third-order valence-corrected chi connectivity index (χ3v) is 3.78. The molecule has 1 fully saturated rings. The summed E-state index contributed by atoms with van der Waals surface area (Å²) in [4.78, 5) is 24.7. The van der Waals surface area contributed by atoms with Gasteiger partial charge in [0, 0.05) is 24.3 Å². The summed E-state index contributed by atoms with van der Waals surface area (Å²) >= 11 is 0. The molecule has 0 unspecified atom stereocenters. The molecule has 0 saturated heterocycles. The average Bonchev–Trinajstić information content (AvgIpc) is 2.47. The topological polar surface area (TPSA) is 49.4 Å². The van der Waals surface area contributed by atoms with E-state index in [4.69, 9.17) is 0 Å². The van der Waals surface area contributed by atoms with Gasteiger partial charge in [0.1, 0.15) is 0 Å². The Bertz CT molecular complexity index is 453. The Morgan fingerprint density at radius 3 is 2.74 bits per heavy atom. The van der Waals surface area contributed by atoms with Crippen molar-refractivity contribution in [1.82, 2.24) is 4.90 Å². The molecule has 4 heteroatoms. The van der Waals surface area contributed by atoms with Gasteiger partial charge in [0.15, 0.2) is 0 Å². The molecule has 2 amide bonds.